The van der Waals surface area contributed by atoms with E-state index in [0.29, 0.717) is 17.4 Å². The van der Waals surface area contributed by atoms with Crippen LogP contribution in [0.15, 0.2) is 18.2 Å². The van der Waals surface area contributed by atoms with E-state index in [1.807, 2.05) is 11.8 Å². The van der Waals surface area contributed by atoms with Crippen LogP contribution in [0.1, 0.15) is 99.3 Å². The van der Waals surface area contributed by atoms with Gasteiger partial charge >= 0.3 is 0 Å². The number of hydrogen-bond acceptors (Lipinski definition) is 3. The van der Waals surface area contributed by atoms with Gasteiger partial charge in [-0.05, 0) is 74.1 Å². The average molecular weight is 507 g/mol. The highest BCUT2D eigenvalue weighted by molar-refractivity contribution is 8.00. The van der Waals surface area contributed by atoms with Crippen LogP contribution in [-0.2, 0) is 17.4 Å². The minimum Gasteiger partial charge on any atom is -0.493 e. The van der Waals surface area contributed by atoms with Gasteiger partial charge in [-0.25, -0.2) is 0 Å². The van der Waals surface area contributed by atoms with Gasteiger partial charge in [-0.3, -0.25) is 4.79 Å². The quantitative estimate of drug-likeness (QED) is 0.475. The zero-order valence-corrected chi connectivity index (χ0v) is 23.4. The van der Waals surface area contributed by atoms with Crippen LogP contribution >= 0.6 is 11.8 Å². The molecule has 0 bridgehead atoms. The maximum atomic E-state index is 13.4. The summed E-state index contributed by atoms with van der Waals surface area (Å²) in [4.78, 5) is 13.4. The van der Waals surface area contributed by atoms with Gasteiger partial charge in [0.2, 0.25) is 0 Å². The summed E-state index contributed by atoms with van der Waals surface area (Å²) in [5.41, 5.74) is 7.46. The summed E-state index contributed by atoms with van der Waals surface area (Å²) in [6.07, 6.45) is 10.3. The number of amides is 1. The SMILES string of the molecule is Cc1c(C(=O)NC2CSC2)cc(-c2cc(C(C)(C)C)c3c(c2)C2(CCO3)CC2)n1CC1CCCCC1. The first kappa shape index (κ1) is 24.5. The van der Waals surface area contributed by atoms with Crippen LogP contribution < -0.4 is 10.1 Å². The first-order valence-corrected chi connectivity index (χ1v) is 15.3. The van der Waals surface area contributed by atoms with E-state index in [4.69, 9.17) is 4.74 Å². The molecule has 1 saturated heterocycles. The van der Waals surface area contributed by atoms with Gasteiger partial charge in [-0.2, -0.15) is 11.8 Å². The lowest BCUT2D eigenvalue weighted by Crippen LogP contribution is -2.43. The van der Waals surface area contributed by atoms with Gasteiger partial charge < -0.3 is 14.6 Å². The van der Waals surface area contributed by atoms with E-state index in [1.54, 1.807) is 0 Å². The summed E-state index contributed by atoms with van der Waals surface area (Å²) < 4.78 is 8.84. The third-order valence-electron chi connectivity index (χ3n) is 9.19. The lowest BCUT2D eigenvalue weighted by Gasteiger charge is -2.33. The maximum Gasteiger partial charge on any atom is 0.253 e. The van der Waals surface area contributed by atoms with Crippen LogP contribution in [0, 0.1) is 12.8 Å². The molecule has 2 aliphatic carbocycles. The van der Waals surface area contributed by atoms with Crippen molar-refractivity contribution in [3.63, 3.8) is 0 Å². The molecule has 1 aromatic carbocycles. The molecule has 5 heteroatoms. The molecule has 2 aromatic rings. The van der Waals surface area contributed by atoms with Crippen LogP contribution in [0.5, 0.6) is 5.75 Å². The maximum absolute atomic E-state index is 13.4. The van der Waals surface area contributed by atoms with Gasteiger partial charge in [0.15, 0.2) is 0 Å². The van der Waals surface area contributed by atoms with Crippen molar-refractivity contribution in [1.29, 1.82) is 0 Å². The monoisotopic (exact) mass is 506 g/mol. The number of nitrogens with one attached hydrogen (secondary N) is 1. The Morgan fingerprint density at radius 1 is 1.11 bits per heavy atom. The summed E-state index contributed by atoms with van der Waals surface area (Å²) in [7, 11) is 0. The molecule has 0 atom stereocenters. The van der Waals surface area contributed by atoms with Crippen molar-refractivity contribution in [2.24, 2.45) is 5.92 Å². The fourth-order valence-electron chi connectivity index (χ4n) is 6.60. The van der Waals surface area contributed by atoms with Gasteiger partial charge in [0.25, 0.3) is 5.91 Å². The van der Waals surface area contributed by atoms with Crippen LogP contribution in [0.2, 0.25) is 0 Å². The zero-order valence-electron chi connectivity index (χ0n) is 22.5. The Morgan fingerprint density at radius 3 is 2.50 bits per heavy atom. The van der Waals surface area contributed by atoms with Crippen molar-refractivity contribution >= 4 is 17.7 Å². The Balaban J connectivity index is 1.47. The smallest absolute Gasteiger partial charge is 0.253 e. The Bertz CT molecular complexity index is 1140. The number of benzene rings is 1. The van der Waals surface area contributed by atoms with Gasteiger partial charge in [-0.15, -0.1) is 0 Å². The van der Waals surface area contributed by atoms with Crippen molar-refractivity contribution in [3.05, 3.63) is 40.6 Å². The van der Waals surface area contributed by atoms with E-state index in [9.17, 15) is 4.79 Å². The van der Waals surface area contributed by atoms with Crippen molar-refractivity contribution in [2.45, 2.75) is 102 Å². The molecule has 36 heavy (non-hydrogen) atoms. The topological polar surface area (TPSA) is 43.3 Å². The third kappa shape index (κ3) is 4.40. The molecule has 0 radical (unpaired) electrons. The predicted molar refractivity (Wildman–Crippen MR) is 149 cm³/mol. The molecule has 2 aliphatic heterocycles. The third-order valence-corrected chi connectivity index (χ3v) is 10.5. The Labute approximate surface area is 220 Å². The molecule has 1 spiro atoms. The van der Waals surface area contributed by atoms with Crippen LogP contribution in [0.25, 0.3) is 11.3 Å². The number of hydrogen-bond donors (Lipinski definition) is 1. The van der Waals surface area contributed by atoms with Crippen LogP contribution in [0.4, 0.5) is 0 Å². The molecule has 3 heterocycles. The Morgan fingerprint density at radius 2 is 1.86 bits per heavy atom. The number of nitrogens with zero attached hydrogens (tertiary/aromatic N) is 1. The Hall–Kier alpha value is -1.88. The predicted octanol–water partition coefficient (Wildman–Crippen LogP) is 7.00. The summed E-state index contributed by atoms with van der Waals surface area (Å²) >= 11 is 1.91. The van der Waals surface area contributed by atoms with Crippen molar-refractivity contribution in [1.82, 2.24) is 9.88 Å². The molecule has 4 nitrogen and oxygen atoms in total. The summed E-state index contributed by atoms with van der Waals surface area (Å²) in [6, 6.07) is 7.30. The first-order chi connectivity index (χ1) is 17.2. The summed E-state index contributed by atoms with van der Waals surface area (Å²) in [5.74, 6) is 3.99. The van der Waals surface area contributed by atoms with Crippen molar-refractivity contribution in [3.8, 4) is 17.0 Å². The molecule has 194 valence electrons. The van der Waals surface area contributed by atoms with Crippen LogP contribution in [-0.4, -0.2) is 34.6 Å². The highest BCUT2D eigenvalue weighted by Crippen LogP contribution is 2.58. The molecule has 3 fully saturated rings. The minimum absolute atomic E-state index is 0.00849. The minimum atomic E-state index is -0.00849. The van der Waals surface area contributed by atoms with E-state index in [1.165, 1.54) is 67.3 Å². The van der Waals surface area contributed by atoms with E-state index in [2.05, 4.69) is 55.8 Å². The fourth-order valence-corrected chi connectivity index (χ4v) is 7.23. The van der Waals surface area contributed by atoms with Gasteiger partial charge in [0.05, 0.1) is 12.2 Å². The number of thioether (sulfide) groups is 1. The molecule has 1 aromatic heterocycles. The highest BCUT2D eigenvalue weighted by atomic mass is 32.2. The van der Waals surface area contributed by atoms with E-state index in [-0.39, 0.29) is 11.3 Å². The second kappa shape index (κ2) is 9.15. The van der Waals surface area contributed by atoms with Crippen LogP contribution in [0.3, 0.4) is 0 Å². The van der Waals surface area contributed by atoms with E-state index >= 15 is 0 Å². The average Bonchev–Trinajstić information content (AvgIpc) is 3.52. The number of carbonyl (C=O) groups is 1. The standard InChI is InChI=1S/C31H42N2O2S/c1-20-24(29(34)32-23-18-36-19-23)16-27(33(20)17-21-8-6-5-7-9-21)22-14-25(30(2,3)4)28-26(15-22)31(10-11-31)12-13-35-28/h14-16,21,23H,5-13,17-19H2,1-4H3,(H,32,34). The number of aromatic nitrogens is 1. The lowest BCUT2D eigenvalue weighted by molar-refractivity contribution is 0.0942. The second-order valence-corrected chi connectivity index (χ2v) is 14.0. The molecule has 1 amide bonds. The van der Waals surface area contributed by atoms with E-state index < -0.39 is 0 Å². The largest absolute Gasteiger partial charge is 0.493 e. The second-order valence-electron chi connectivity index (χ2n) is 12.9. The normalized spacial score (nSPS) is 21.6. The lowest BCUT2D eigenvalue weighted by atomic mass is 9.79. The molecule has 2 saturated carbocycles. The highest BCUT2D eigenvalue weighted by Gasteiger charge is 2.49. The zero-order chi connectivity index (χ0) is 25.1. The number of ether oxygens (including phenoxy) is 1. The van der Waals surface area contributed by atoms with Gasteiger partial charge in [0.1, 0.15) is 5.75 Å². The number of rotatable bonds is 5. The van der Waals surface area contributed by atoms with Gasteiger partial charge in [0, 0.05) is 52.0 Å². The number of fused-ring (bicyclic) bond motifs is 2. The first-order valence-electron chi connectivity index (χ1n) is 14.2. The molecule has 4 aliphatic rings. The fraction of sp³-hybridized carbons (Fsp3) is 0.645. The molecule has 0 unspecified atom stereocenters. The molecule has 6 rings (SSSR count). The summed E-state index contributed by atoms with van der Waals surface area (Å²) in [6.45, 7) is 10.9. The molecular weight excluding hydrogens is 464 g/mol. The molecular formula is C31H42N2O2S. The van der Waals surface area contributed by atoms with Gasteiger partial charge in [-0.1, -0.05) is 40.0 Å². The number of carbonyl (C=O) groups excluding carboxylic acids is 1. The van der Waals surface area contributed by atoms with E-state index in [0.717, 1.165) is 48.1 Å². The van der Waals surface area contributed by atoms with Crippen molar-refractivity contribution < 1.29 is 9.53 Å². The Kier molecular flexibility index (Phi) is 6.21. The van der Waals surface area contributed by atoms with Crippen molar-refractivity contribution in [2.75, 3.05) is 18.1 Å². The summed E-state index contributed by atoms with van der Waals surface area (Å²) in [5, 5.41) is 3.28. The molecule has 1 N–H and O–H groups in total.